The van der Waals surface area contributed by atoms with Crippen LogP contribution in [0.2, 0.25) is 0 Å². The third kappa shape index (κ3) is 0.952. The van der Waals surface area contributed by atoms with Crippen molar-refractivity contribution < 1.29 is 0 Å². The molecule has 2 N–H and O–H groups in total. The van der Waals surface area contributed by atoms with Crippen molar-refractivity contribution in [3.63, 3.8) is 0 Å². The Morgan fingerprint density at radius 2 is 2.27 bits per heavy atom. The smallest absolute Gasteiger partial charge is 0.115 e. The zero-order valence-corrected chi connectivity index (χ0v) is 6.62. The van der Waals surface area contributed by atoms with Gasteiger partial charge in [0.15, 0.2) is 0 Å². The number of hydrogen-bond donors (Lipinski definition) is 2. The van der Waals surface area contributed by atoms with Gasteiger partial charge in [0.1, 0.15) is 6.33 Å². The first-order chi connectivity index (χ1) is 5.27. The number of aromatic nitrogens is 2. The zero-order chi connectivity index (χ0) is 7.84. The summed E-state index contributed by atoms with van der Waals surface area (Å²) in [6.07, 6.45) is 1.58. The number of thiol groups is 1. The quantitative estimate of drug-likeness (QED) is 0.452. The van der Waals surface area contributed by atoms with E-state index in [0.29, 0.717) is 0 Å². The lowest BCUT2D eigenvalue weighted by Gasteiger charge is -1.93. The molecule has 0 unspecified atom stereocenters. The molecule has 0 fully saturated rings. The largest absolute Gasteiger partial charge is 0.338 e. The van der Waals surface area contributed by atoms with Crippen LogP contribution < -0.4 is 5.84 Å². The number of nitrogen functional groups attached to an aromatic ring is 1. The van der Waals surface area contributed by atoms with E-state index < -0.39 is 0 Å². The Hall–Kier alpha value is -1.16. The lowest BCUT2D eigenvalue weighted by molar-refractivity contribution is 1.04. The molecule has 1 aromatic carbocycles. The van der Waals surface area contributed by atoms with Gasteiger partial charge in [-0.05, 0) is 18.2 Å². The third-order valence-corrected chi connectivity index (χ3v) is 1.84. The van der Waals surface area contributed by atoms with E-state index in [4.69, 9.17) is 5.84 Å². The van der Waals surface area contributed by atoms with Gasteiger partial charge in [0.2, 0.25) is 0 Å². The first kappa shape index (κ1) is 6.54. The predicted octanol–water partition coefficient (Wildman–Crippen LogP) is 1.04. The topological polar surface area (TPSA) is 43.8 Å². The van der Waals surface area contributed by atoms with Gasteiger partial charge < -0.3 is 5.84 Å². The lowest BCUT2D eigenvalue weighted by atomic mass is 10.3. The van der Waals surface area contributed by atoms with Crippen LogP contribution in [0, 0.1) is 0 Å². The van der Waals surface area contributed by atoms with Gasteiger partial charge in [0, 0.05) is 4.90 Å². The van der Waals surface area contributed by atoms with E-state index in [1.165, 1.54) is 4.68 Å². The van der Waals surface area contributed by atoms with Crippen LogP contribution in [0.15, 0.2) is 29.4 Å². The third-order valence-electron chi connectivity index (χ3n) is 1.56. The molecule has 1 heterocycles. The summed E-state index contributed by atoms with van der Waals surface area (Å²) in [5.74, 6) is 5.56. The Morgan fingerprint density at radius 3 is 3.09 bits per heavy atom. The number of nitrogens with zero attached hydrogens (tertiary/aromatic N) is 2. The highest BCUT2D eigenvalue weighted by Crippen LogP contribution is 2.14. The summed E-state index contributed by atoms with van der Waals surface area (Å²) in [5.41, 5.74) is 1.79. The van der Waals surface area contributed by atoms with Gasteiger partial charge >= 0.3 is 0 Å². The fourth-order valence-electron chi connectivity index (χ4n) is 1.02. The second kappa shape index (κ2) is 2.17. The van der Waals surface area contributed by atoms with Crippen molar-refractivity contribution in [2.75, 3.05) is 5.84 Å². The van der Waals surface area contributed by atoms with E-state index in [0.717, 1.165) is 15.9 Å². The van der Waals surface area contributed by atoms with Gasteiger partial charge in [-0.2, -0.15) is 0 Å². The summed E-state index contributed by atoms with van der Waals surface area (Å²) in [6, 6.07) is 5.66. The molecule has 0 saturated carbocycles. The molecular weight excluding hydrogens is 158 g/mol. The minimum Gasteiger partial charge on any atom is -0.338 e. The fraction of sp³-hybridized carbons (Fsp3) is 0. The van der Waals surface area contributed by atoms with Crippen LogP contribution in [-0.4, -0.2) is 9.66 Å². The van der Waals surface area contributed by atoms with Crippen LogP contribution in [0.4, 0.5) is 0 Å². The van der Waals surface area contributed by atoms with Crippen LogP contribution in [-0.2, 0) is 0 Å². The van der Waals surface area contributed by atoms with Gasteiger partial charge in [-0.25, -0.2) is 9.66 Å². The van der Waals surface area contributed by atoms with Crippen molar-refractivity contribution in [1.82, 2.24) is 9.66 Å². The number of rotatable bonds is 0. The van der Waals surface area contributed by atoms with Gasteiger partial charge in [-0.15, -0.1) is 12.6 Å². The fourth-order valence-corrected chi connectivity index (χ4v) is 1.22. The van der Waals surface area contributed by atoms with Crippen molar-refractivity contribution in [3.05, 3.63) is 24.5 Å². The highest BCUT2D eigenvalue weighted by Gasteiger charge is 1.98. The molecule has 56 valence electrons. The number of benzene rings is 1. The van der Waals surface area contributed by atoms with Crippen molar-refractivity contribution >= 4 is 23.7 Å². The molecule has 0 spiro atoms. The number of imidazole rings is 1. The van der Waals surface area contributed by atoms with E-state index in [9.17, 15) is 0 Å². The van der Waals surface area contributed by atoms with Crippen LogP contribution in [0.3, 0.4) is 0 Å². The monoisotopic (exact) mass is 165 g/mol. The van der Waals surface area contributed by atoms with Crippen LogP contribution in [0.25, 0.3) is 11.0 Å². The summed E-state index contributed by atoms with van der Waals surface area (Å²) in [4.78, 5) is 4.97. The van der Waals surface area contributed by atoms with Crippen molar-refractivity contribution in [1.29, 1.82) is 0 Å². The summed E-state index contributed by atoms with van der Waals surface area (Å²) in [5, 5.41) is 0. The molecule has 0 aliphatic carbocycles. The molecule has 4 heteroatoms. The summed E-state index contributed by atoms with van der Waals surface area (Å²) in [6.45, 7) is 0. The normalized spacial score (nSPS) is 10.6. The van der Waals surface area contributed by atoms with E-state index >= 15 is 0 Å². The highest BCUT2D eigenvalue weighted by atomic mass is 32.1. The van der Waals surface area contributed by atoms with Crippen molar-refractivity contribution in [2.45, 2.75) is 4.90 Å². The molecule has 0 aliphatic heterocycles. The molecule has 11 heavy (non-hydrogen) atoms. The molecule has 3 nitrogen and oxygen atoms in total. The number of fused-ring (bicyclic) bond motifs is 1. The highest BCUT2D eigenvalue weighted by molar-refractivity contribution is 7.80. The van der Waals surface area contributed by atoms with Gasteiger partial charge in [0.05, 0.1) is 11.0 Å². The Labute approximate surface area is 69.2 Å². The van der Waals surface area contributed by atoms with Crippen LogP contribution >= 0.6 is 12.6 Å². The maximum atomic E-state index is 5.56. The maximum absolute atomic E-state index is 5.56. The molecule has 0 amide bonds. The van der Waals surface area contributed by atoms with Gasteiger partial charge in [-0.1, -0.05) is 0 Å². The molecular formula is C7H7N3S. The summed E-state index contributed by atoms with van der Waals surface area (Å²) in [7, 11) is 0. The Bertz CT molecular complexity index is 393. The molecule has 2 rings (SSSR count). The molecule has 0 atom stereocenters. The minimum atomic E-state index is 0.875. The van der Waals surface area contributed by atoms with E-state index in [2.05, 4.69) is 17.6 Å². The molecule has 2 aromatic rings. The SMILES string of the molecule is Nn1cnc2cc(S)ccc21. The van der Waals surface area contributed by atoms with E-state index in [-0.39, 0.29) is 0 Å². The molecule has 0 bridgehead atoms. The zero-order valence-electron chi connectivity index (χ0n) is 5.73. The second-order valence-corrected chi connectivity index (χ2v) is 2.84. The Kier molecular flexibility index (Phi) is 1.29. The molecule has 1 aromatic heterocycles. The van der Waals surface area contributed by atoms with Crippen molar-refractivity contribution in [2.24, 2.45) is 0 Å². The van der Waals surface area contributed by atoms with Crippen LogP contribution in [0.5, 0.6) is 0 Å². The predicted molar refractivity (Wildman–Crippen MR) is 47.1 cm³/mol. The average molecular weight is 165 g/mol. The van der Waals surface area contributed by atoms with E-state index in [1.54, 1.807) is 6.33 Å². The summed E-state index contributed by atoms with van der Waals surface area (Å²) < 4.78 is 1.49. The van der Waals surface area contributed by atoms with Crippen molar-refractivity contribution in [3.8, 4) is 0 Å². The summed E-state index contributed by atoms with van der Waals surface area (Å²) >= 11 is 4.18. The van der Waals surface area contributed by atoms with E-state index in [1.807, 2.05) is 18.2 Å². The first-order valence-corrected chi connectivity index (χ1v) is 3.63. The van der Waals surface area contributed by atoms with Crippen LogP contribution in [0.1, 0.15) is 0 Å². The lowest BCUT2D eigenvalue weighted by Crippen LogP contribution is -2.04. The maximum Gasteiger partial charge on any atom is 0.115 e. The van der Waals surface area contributed by atoms with Gasteiger partial charge in [0.25, 0.3) is 0 Å². The number of nitrogens with two attached hydrogens (primary N) is 1. The Morgan fingerprint density at radius 1 is 1.45 bits per heavy atom. The Balaban J connectivity index is 2.86. The molecule has 0 radical (unpaired) electrons. The molecule has 0 aliphatic rings. The first-order valence-electron chi connectivity index (χ1n) is 3.18. The number of hydrogen-bond acceptors (Lipinski definition) is 3. The average Bonchev–Trinajstić information content (AvgIpc) is 2.32. The standard InChI is InChI=1S/C7H7N3S/c8-10-4-9-6-3-5(11)1-2-7(6)10/h1-4,11H,8H2. The second-order valence-electron chi connectivity index (χ2n) is 2.32. The molecule has 0 saturated heterocycles. The minimum absolute atomic E-state index is 0.875. The van der Waals surface area contributed by atoms with Gasteiger partial charge in [-0.3, -0.25) is 0 Å².